The second-order valence-corrected chi connectivity index (χ2v) is 4.85. The van der Waals surface area contributed by atoms with Crippen molar-refractivity contribution in [2.75, 3.05) is 5.75 Å². The molecule has 0 aliphatic heterocycles. The fourth-order valence-electron chi connectivity index (χ4n) is 1.17. The van der Waals surface area contributed by atoms with Gasteiger partial charge in [-0.1, -0.05) is 36.8 Å². The highest BCUT2D eigenvalue weighted by atomic mass is 32.2. The summed E-state index contributed by atoms with van der Waals surface area (Å²) < 4.78 is 11.4. The summed E-state index contributed by atoms with van der Waals surface area (Å²) in [6, 6.07) is 8.25. The molecule has 1 aromatic rings. The van der Waals surface area contributed by atoms with Crippen molar-refractivity contribution in [2.24, 2.45) is 0 Å². The van der Waals surface area contributed by atoms with Crippen molar-refractivity contribution in [3.8, 4) is 0 Å². The Morgan fingerprint density at radius 2 is 1.85 bits per heavy atom. The van der Waals surface area contributed by atoms with Gasteiger partial charge in [0, 0.05) is 22.3 Å². The molecule has 0 aliphatic carbocycles. The molecule has 13 heavy (non-hydrogen) atoms. The summed E-state index contributed by atoms with van der Waals surface area (Å²) in [5.41, 5.74) is 2.43. The molecule has 0 saturated heterocycles. The first kappa shape index (κ1) is 10.5. The predicted octanol–water partition coefficient (Wildman–Crippen LogP) is 2.65. The van der Waals surface area contributed by atoms with Crippen molar-refractivity contribution in [2.45, 2.75) is 26.0 Å². The van der Waals surface area contributed by atoms with E-state index in [0.29, 0.717) is 5.75 Å². The molecule has 1 atom stereocenters. The maximum absolute atomic E-state index is 11.4. The summed E-state index contributed by atoms with van der Waals surface area (Å²) in [6.07, 6.45) is 0.998. The lowest BCUT2D eigenvalue weighted by atomic mass is 10.2. The van der Waals surface area contributed by atoms with Gasteiger partial charge in [-0.05, 0) is 18.9 Å². The zero-order chi connectivity index (χ0) is 9.68. The van der Waals surface area contributed by atoms with Gasteiger partial charge in [-0.15, -0.1) is 0 Å². The van der Waals surface area contributed by atoms with Crippen LogP contribution >= 0.6 is 0 Å². The van der Waals surface area contributed by atoms with Crippen molar-refractivity contribution in [1.29, 1.82) is 0 Å². The van der Waals surface area contributed by atoms with E-state index in [-0.39, 0.29) is 0 Å². The third-order valence-corrected chi connectivity index (χ3v) is 3.40. The molecule has 0 saturated carbocycles. The zero-order valence-electron chi connectivity index (χ0n) is 8.25. The molecule has 0 aliphatic rings. The largest absolute Gasteiger partial charge is 0.259 e. The summed E-state index contributed by atoms with van der Waals surface area (Å²) in [7, 11) is -0.678. The molecule has 1 rings (SSSR count). The molecule has 1 unspecified atom stereocenters. The second kappa shape index (κ2) is 5.18. The highest BCUT2D eigenvalue weighted by Crippen LogP contribution is 2.06. The molecule has 0 aromatic heterocycles. The molecule has 0 amide bonds. The summed E-state index contributed by atoms with van der Waals surface area (Å²) in [6.45, 7) is 4.12. The van der Waals surface area contributed by atoms with E-state index >= 15 is 0 Å². The van der Waals surface area contributed by atoms with Crippen LogP contribution in [0.3, 0.4) is 0 Å². The highest BCUT2D eigenvalue weighted by molar-refractivity contribution is 7.84. The average Bonchev–Trinajstić information content (AvgIpc) is 2.09. The minimum absolute atomic E-state index is 0.678. The van der Waals surface area contributed by atoms with E-state index in [1.807, 2.05) is 0 Å². The lowest BCUT2D eigenvalue weighted by Gasteiger charge is -2.01. The molecule has 0 heterocycles. The van der Waals surface area contributed by atoms with Crippen LogP contribution in [0.25, 0.3) is 0 Å². The van der Waals surface area contributed by atoms with Crippen LogP contribution in [0.15, 0.2) is 24.3 Å². The molecular weight excluding hydrogens is 180 g/mol. The average molecular weight is 196 g/mol. The summed E-state index contributed by atoms with van der Waals surface area (Å²) >= 11 is 0. The summed E-state index contributed by atoms with van der Waals surface area (Å²) in [5, 5.41) is 0. The van der Waals surface area contributed by atoms with Gasteiger partial charge in [0.05, 0.1) is 0 Å². The Morgan fingerprint density at radius 3 is 2.38 bits per heavy atom. The van der Waals surface area contributed by atoms with Gasteiger partial charge in [-0.3, -0.25) is 4.21 Å². The lowest BCUT2D eigenvalue weighted by molar-refractivity contribution is 0.681. The Labute approximate surface area is 82.6 Å². The van der Waals surface area contributed by atoms with Gasteiger partial charge in [-0.2, -0.15) is 0 Å². The maximum Gasteiger partial charge on any atom is 0.0485 e. The van der Waals surface area contributed by atoms with Gasteiger partial charge < -0.3 is 0 Å². The van der Waals surface area contributed by atoms with E-state index in [4.69, 9.17) is 0 Å². The summed E-state index contributed by atoms with van der Waals surface area (Å²) in [5.74, 6) is 1.52. The Bertz CT molecular complexity index is 277. The van der Waals surface area contributed by atoms with Crippen molar-refractivity contribution in [1.82, 2.24) is 0 Å². The van der Waals surface area contributed by atoms with Crippen LogP contribution in [0, 0.1) is 6.92 Å². The lowest BCUT2D eigenvalue weighted by Crippen LogP contribution is -1.99. The topological polar surface area (TPSA) is 17.1 Å². The van der Waals surface area contributed by atoms with Gasteiger partial charge in [0.1, 0.15) is 0 Å². The molecule has 0 bridgehead atoms. The van der Waals surface area contributed by atoms with E-state index in [1.54, 1.807) is 0 Å². The van der Waals surface area contributed by atoms with Gasteiger partial charge in [0.2, 0.25) is 0 Å². The van der Waals surface area contributed by atoms with Crippen LogP contribution in [-0.2, 0) is 16.6 Å². The minimum Gasteiger partial charge on any atom is -0.259 e. The standard InChI is InChI=1S/C11H16OS/c1-3-8-13(12)9-11-6-4-10(2)5-7-11/h4-7H,3,8-9H2,1-2H3. The molecule has 0 N–H and O–H groups in total. The van der Waals surface area contributed by atoms with E-state index in [2.05, 4.69) is 38.1 Å². The number of benzene rings is 1. The number of hydrogen-bond acceptors (Lipinski definition) is 1. The van der Waals surface area contributed by atoms with E-state index in [9.17, 15) is 4.21 Å². The fraction of sp³-hybridized carbons (Fsp3) is 0.455. The first-order valence-corrected chi connectivity index (χ1v) is 6.11. The molecule has 72 valence electrons. The Kier molecular flexibility index (Phi) is 4.16. The Balaban J connectivity index is 2.54. The highest BCUT2D eigenvalue weighted by Gasteiger charge is 1.99. The first-order chi connectivity index (χ1) is 6.22. The second-order valence-electron chi connectivity index (χ2n) is 3.27. The first-order valence-electron chi connectivity index (χ1n) is 4.63. The molecule has 1 nitrogen and oxygen atoms in total. The van der Waals surface area contributed by atoms with Crippen LogP contribution in [0.2, 0.25) is 0 Å². The van der Waals surface area contributed by atoms with Gasteiger partial charge >= 0.3 is 0 Å². The van der Waals surface area contributed by atoms with Gasteiger partial charge in [0.25, 0.3) is 0 Å². The Morgan fingerprint density at radius 1 is 1.23 bits per heavy atom. The van der Waals surface area contributed by atoms with Crippen LogP contribution in [0.5, 0.6) is 0 Å². The van der Waals surface area contributed by atoms with Crippen molar-refractivity contribution >= 4 is 10.8 Å². The molecule has 0 radical (unpaired) electrons. The third kappa shape index (κ3) is 3.73. The maximum atomic E-state index is 11.4. The Hall–Kier alpha value is -0.630. The van der Waals surface area contributed by atoms with Gasteiger partial charge in [-0.25, -0.2) is 0 Å². The van der Waals surface area contributed by atoms with Crippen molar-refractivity contribution < 1.29 is 4.21 Å². The number of aryl methyl sites for hydroxylation is 1. The van der Waals surface area contributed by atoms with Crippen LogP contribution in [-0.4, -0.2) is 9.96 Å². The third-order valence-electron chi connectivity index (χ3n) is 1.88. The number of rotatable bonds is 4. The fourth-order valence-corrected chi connectivity index (χ4v) is 2.33. The van der Waals surface area contributed by atoms with E-state index in [1.165, 1.54) is 11.1 Å². The summed E-state index contributed by atoms with van der Waals surface area (Å²) in [4.78, 5) is 0. The quantitative estimate of drug-likeness (QED) is 0.723. The van der Waals surface area contributed by atoms with Crippen molar-refractivity contribution in [3.63, 3.8) is 0 Å². The van der Waals surface area contributed by atoms with Crippen LogP contribution < -0.4 is 0 Å². The number of hydrogen-bond donors (Lipinski definition) is 0. The van der Waals surface area contributed by atoms with Gasteiger partial charge in [0.15, 0.2) is 0 Å². The van der Waals surface area contributed by atoms with E-state index < -0.39 is 10.8 Å². The normalized spacial score (nSPS) is 12.8. The van der Waals surface area contributed by atoms with E-state index in [0.717, 1.165) is 12.2 Å². The smallest absolute Gasteiger partial charge is 0.0485 e. The van der Waals surface area contributed by atoms with Crippen LogP contribution in [0.4, 0.5) is 0 Å². The zero-order valence-corrected chi connectivity index (χ0v) is 9.06. The molecule has 2 heteroatoms. The molecule has 0 fully saturated rings. The predicted molar refractivity (Wildman–Crippen MR) is 58.2 cm³/mol. The SMILES string of the molecule is CCCS(=O)Cc1ccc(C)cc1. The molecule has 1 aromatic carbocycles. The minimum atomic E-state index is -0.678. The molecule has 0 spiro atoms. The van der Waals surface area contributed by atoms with Crippen LogP contribution in [0.1, 0.15) is 24.5 Å². The molecular formula is C11H16OS. The monoisotopic (exact) mass is 196 g/mol. The van der Waals surface area contributed by atoms with Crippen molar-refractivity contribution in [3.05, 3.63) is 35.4 Å².